The lowest BCUT2D eigenvalue weighted by Crippen LogP contribution is -2.42. The van der Waals surface area contributed by atoms with Crippen LogP contribution in [0.5, 0.6) is 5.75 Å². The largest absolute Gasteiger partial charge is 0.573 e. The van der Waals surface area contributed by atoms with Crippen molar-refractivity contribution in [2.75, 3.05) is 19.6 Å². The normalized spacial score (nSPS) is 18.3. The van der Waals surface area contributed by atoms with Crippen molar-refractivity contribution in [2.45, 2.75) is 45.5 Å². The summed E-state index contributed by atoms with van der Waals surface area (Å²) in [6.07, 6.45) is -1.48. The Bertz CT molecular complexity index is 845. The van der Waals surface area contributed by atoms with Crippen LogP contribution in [0.15, 0.2) is 48.8 Å². The smallest absolute Gasteiger partial charge is 0.406 e. The number of hydrogen-bond acceptors (Lipinski definition) is 5. The SMILES string of the molecule is CC(C)N1C[C@@H](OCc2ccc(OC(F)(F)F)cc2)CN(Cc2cccnc2)CC1=O. The summed E-state index contributed by atoms with van der Waals surface area (Å²) in [5.74, 6) is -0.233. The molecule has 168 valence electrons. The Morgan fingerprint density at radius 1 is 1.13 bits per heavy atom. The van der Waals surface area contributed by atoms with Gasteiger partial charge in [0.25, 0.3) is 0 Å². The van der Waals surface area contributed by atoms with Gasteiger partial charge in [-0.25, -0.2) is 0 Å². The second-order valence-electron chi connectivity index (χ2n) is 7.80. The molecule has 0 aliphatic carbocycles. The minimum absolute atomic E-state index is 0.0377. The number of halogens is 3. The number of rotatable bonds is 7. The average molecular weight is 437 g/mol. The molecule has 0 bridgehead atoms. The van der Waals surface area contributed by atoms with Crippen molar-refractivity contribution < 1.29 is 27.4 Å². The van der Waals surface area contributed by atoms with E-state index >= 15 is 0 Å². The Morgan fingerprint density at radius 3 is 2.48 bits per heavy atom. The molecule has 3 rings (SSSR count). The Morgan fingerprint density at radius 2 is 1.87 bits per heavy atom. The molecular formula is C22H26F3N3O3. The quantitative estimate of drug-likeness (QED) is 0.662. The first-order valence-corrected chi connectivity index (χ1v) is 10.1. The topological polar surface area (TPSA) is 54.9 Å². The maximum atomic E-state index is 12.7. The second kappa shape index (κ2) is 10.1. The summed E-state index contributed by atoms with van der Waals surface area (Å²) in [5, 5.41) is 0. The van der Waals surface area contributed by atoms with Crippen LogP contribution in [0.4, 0.5) is 13.2 Å². The third-order valence-electron chi connectivity index (χ3n) is 4.94. The fourth-order valence-corrected chi connectivity index (χ4v) is 3.49. The summed E-state index contributed by atoms with van der Waals surface area (Å²) in [6.45, 7) is 6.02. The number of aromatic nitrogens is 1. The van der Waals surface area contributed by atoms with Gasteiger partial charge < -0.3 is 14.4 Å². The lowest BCUT2D eigenvalue weighted by atomic mass is 10.2. The summed E-state index contributed by atoms with van der Waals surface area (Å²) in [5.41, 5.74) is 1.73. The maximum absolute atomic E-state index is 12.7. The van der Waals surface area contributed by atoms with Crippen LogP contribution in [0, 0.1) is 0 Å². The van der Waals surface area contributed by atoms with E-state index in [9.17, 15) is 18.0 Å². The number of benzene rings is 1. The van der Waals surface area contributed by atoms with Crippen molar-refractivity contribution in [1.29, 1.82) is 0 Å². The van der Waals surface area contributed by atoms with Gasteiger partial charge in [0.2, 0.25) is 5.91 Å². The molecule has 1 aromatic heterocycles. The van der Waals surface area contributed by atoms with E-state index in [1.807, 2.05) is 30.9 Å². The maximum Gasteiger partial charge on any atom is 0.573 e. The molecule has 0 radical (unpaired) electrons. The van der Waals surface area contributed by atoms with Crippen molar-refractivity contribution >= 4 is 5.91 Å². The molecule has 0 spiro atoms. The average Bonchev–Trinajstić information content (AvgIpc) is 2.85. The Labute approximate surface area is 179 Å². The highest BCUT2D eigenvalue weighted by molar-refractivity contribution is 5.79. The first kappa shape index (κ1) is 23.0. The number of carbonyl (C=O) groups is 1. The van der Waals surface area contributed by atoms with Gasteiger partial charge in [-0.05, 0) is 43.2 Å². The van der Waals surface area contributed by atoms with Gasteiger partial charge in [-0.15, -0.1) is 13.2 Å². The fourth-order valence-electron chi connectivity index (χ4n) is 3.49. The highest BCUT2D eigenvalue weighted by atomic mass is 19.4. The zero-order valence-electron chi connectivity index (χ0n) is 17.5. The molecule has 1 atom stereocenters. The molecule has 9 heteroatoms. The van der Waals surface area contributed by atoms with Crippen LogP contribution in [0.3, 0.4) is 0 Å². The van der Waals surface area contributed by atoms with Crippen molar-refractivity contribution in [2.24, 2.45) is 0 Å². The molecule has 1 saturated heterocycles. The van der Waals surface area contributed by atoms with Crippen molar-refractivity contribution in [1.82, 2.24) is 14.8 Å². The first-order valence-electron chi connectivity index (χ1n) is 10.1. The molecule has 6 nitrogen and oxygen atoms in total. The van der Waals surface area contributed by atoms with E-state index < -0.39 is 6.36 Å². The van der Waals surface area contributed by atoms with Gasteiger partial charge in [-0.3, -0.25) is 14.7 Å². The van der Waals surface area contributed by atoms with E-state index in [2.05, 4.69) is 9.72 Å². The Hall–Kier alpha value is -2.65. The molecule has 1 aliphatic rings. The van der Waals surface area contributed by atoms with Gasteiger partial charge in [-0.2, -0.15) is 0 Å². The van der Waals surface area contributed by atoms with Gasteiger partial charge in [-0.1, -0.05) is 18.2 Å². The fraction of sp³-hybridized carbons (Fsp3) is 0.455. The third-order valence-corrected chi connectivity index (χ3v) is 4.94. The number of ether oxygens (including phenoxy) is 2. The molecule has 2 heterocycles. The predicted molar refractivity (Wildman–Crippen MR) is 108 cm³/mol. The van der Waals surface area contributed by atoms with Crippen LogP contribution >= 0.6 is 0 Å². The van der Waals surface area contributed by atoms with Crippen LogP contribution in [0.2, 0.25) is 0 Å². The number of nitrogens with zero attached hydrogens (tertiary/aromatic N) is 3. The number of pyridine rings is 1. The highest BCUT2D eigenvalue weighted by Gasteiger charge is 2.31. The van der Waals surface area contributed by atoms with Crippen molar-refractivity contribution in [3.63, 3.8) is 0 Å². The van der Waals surface area contributed by atoms with E-state index in [1.54, 1.807) is 17.3 Å². The number of alkyl halides is 3. The molecule has 0 N–H and O–H groups in total. The molecule has 1 aromatic carbocycles. The molecule has 0 unspecified atom stereocenters. The molecular weight excluding hydrogens is 411 g/mol. The van der Waals surface area contributed by atoms with Gasteiger partial charge in [0, 0.05) is 38.1 Å². The van der Waals surface area contributed by atoms with E-state index in [1.165, 1.54) is 24.3 Å². The third kappa shape index (κ3) is 7.22. The second-order valence-corrected chi connectivity index (χ2v) is 7.80. The monoisotopic (exact) mass is 437 g/mol. The van der Waals surface area contributed by atoms with Crippen LogP contribution in [-0.4, -0.2) is 58.8 Å². The van der Waals surface area contributed by atoms with Crippen LogP contribution in [-0.2, 0) is 22.7 Å². The lowest BCUT2D eigenvalue weighted by Gasteiger charge is -2.27. The van der Waals surface area contributed by atoms with Crippen molar-refractivity contribution in [3.05, 3.63) is 59.9 Å². The summed E-state index contributed by atoms with van der Waals surface area (Å²) in [6, 6.07) is 9.46. The molecule has 2 aromatic rings. The summed E-state index contributed by atoms with van der Waals surface area (Å²) >= 11 is 0. The number of hydrogen-bond donors (Lipinski definition) is 0. The molecule has 1 aliphatic heterocycles. The zero-order chi connectivity index (χ0) is 22.4. The molecule has 0 saturated carbocycles. The van der Waals surface area contributed by atoms with Gasteiger partial charge in [0.1, 0.15) is 5.75 Å². The summed E-state index contributed by atoms with van der Waals surface area (Å²) < 4.78 is 46.9. The molecule has 1 amide bonds. The minimum Gasteiger partial charge on any atom is -0.406 e. The van der Waals surface area contributed by atoms with Crippen LogP contribution in [0.25, 0.3) is 0 Å². The summed E-state index contributed by atoms with van der Waals surface area (Å²) in [7, 11) is 0. The number of carbonyl (C=O) groups excluding carboxylic acids is 1. The molecule has 1 fully saturated rings. The number of amides is 1. The van der Waals surface area contributed by atoms with E-state index in [-0.39, 0.29) is 37.0 Å². The Kier molecular flexibility index (Phi) is 7.50. The van der Waals surface area contributed by atoms with Crippen LogP contribution < -0.4 is 4.74 Å². The van der Waals surface area contributed by atoms with Gasteiger partial charge in [0.15, 0.2) is 0 Å². The first-order chi connectivity index (χ1) is 14.7. The predicted octanol–water partition coefficient (Wildman–Crippen LogP) is 3.62. The Balaban J connectivity index is 1.65. The van der Waals surface area contributed by atoms with E-state index in [4.69, 9.17) is 4.74 Å². The zero-order valence-corrected chi connectivity index (χ0v) is 17.5. The molecule has 31 heavy (non-hydrogen) atoms. The lowest BCUT2D eigenvalue weighted by molar-refractivity contribution is -0.274. The van der Waals surface area contributed by atoms with E-state index in [0.717, 1.165) is 11.1 Å². The van der Waals surface area contributed by atoms with E-state index in [0.29, 0.717) is 19.6 Å². The van der Waals surface area contributed by atoms with Gasteiger partial charge in [0.05, 0.1) is 19.3 Å². The highest BCUT2D eigenvalue weighted by Crippen LogP contribution is 2.23. The van der Waals surface area contributed by atoms with Crippen molar-refractivity contribution in [3.8, 4) is 5.75 Å². The van der Waals surface area contributed by atoms with Gasteiger partial charge >= 0.3 is 6.36 Å². The van der Waals surface area contributed by atoms with Crippen LogP contribution in [0.1, 0.15) is 25.0 Å². The minimum atomic E-state index is -4.72. The summed E-state index contributed by atoms with van der Waals surface area (Å²) in [4.78, 5) is 20.7. The standard InChI is InChI=1S/C22H26F3N3O3/c1-16(2)28-13-20(12-27(14-21(28)29)11-18-4-3-9-26-10-18)30-15-17-5-7-19(8-6-17)31-22(23,24)25/h3-10,16,20H,11-15H2,1-2H3/t20-/m0/s1.